The van der Waals surface area contributed by atoms with E-state index in [1.807, 2.05) is 18.2 Å². The molecule has 1 fully saturated rings. The van der Waals surface area contributed by atoms with Crippen LogP contribution in [-0.2, 0) is 41.8 Å². The number of allylic oxidation sites excluding steroid dienone is 11. The monoisotopic (exact) mass is 978 g/mol. The van der Waals surface area contributed by atoms with Crippen molar-refractivity contribution in [3.05, 3.63) is 72.9 Å². The number of carbonyl (C=O) groups excluding carboxylic acids is 2. The molecule has 0 heterocycles. The number of aliphatic hydroxyl groups is 5. The second kappa shape index (κ2) is 37.3. The van der Waals surface area contributed by atoms with Gasteiger partial charge in [0.1, 0.15) is 43.2 Å². The molecule has 66 heavy (non-hydrogen) atoms. The lowest BCUT2D eigenvalue weighted by molar-refractivity contribution is -0.216. The molecule has 1 aliphatic rings. The lowest BCUT2D eigenvalue weighted by atomic mass is 9.85. The number of esters is 2. The average Bonchev–Trinajstić information content (AvgIpc) is 3.26. The molecule has 0 aromatic rings. The molecule has 0 spiro atoms. The van der Waals surface area contributed by atoms with Gasteiger partial charge in [-0.3, -0.25) is 23.2 Å². The highest BCUT2D eigenvalue weighted by Gasteiger charge is 2.54. The lowest BCUT2D eigenvalue weighted by Gasteiger charge is -2.43. The van der Waals surface area contributed by atoms with Crippen molar-refractivity contribution in [2.75, 3.05) is 13.2 Å². The van der Waals surface area contributed by atoms with Crippen LogP contribution >= 0.6 is 15.6 Å². The van der Waals surface area contributed by atoms with Crippen molar-refractivity contribution in [3.8, 4) is 0 Å². The average molecular weight is 979 g/mol. The Kier molecular flexibility index (Phi) is 34.7. The molecule has 0 saturated heterocycles. The molecule has 0 bridgehead atoms. The second-order valence-corrected chi connectivity index (χ2v) is 18.9. The van der Waals surface area contributed by atoms with E-state index in [9.17, 15) is 58.9 Å². The molecule has 0 aliphatic heterocycles. The van der Waals surface area contributed by atoms with E-state index < -0.39 is 89.6 Å². The van der Waals surface area contributed by atoms with E-state index in [-0.39, 0.29) is 25.7 Å². The third-order valence-corrected chi connectivity index (χ3v) is 11.9. The van der Waals surface area contributed by atoms with Crippen molar-refractivity contribution in [2.45, 2.75) is 198 Å². The van der Waals surface area contributed by atoms with Crippen LogP contribution in [0.4, 0.5) is 0 Å². The molecule has 19 heteroatoms. The fraction of sp³-hybridized carbons (Fsp3) is 0.702. The molecule has 0 amide bonds. The molecule has 9 atom stereocenters. The third kappa shape index (κ3) is 31.4. The summed E-state index contributed by atoms with van der Waals surface area (Å²) in [5.74, 6) is -1.43. The number of aliphatic hydroxyl groups excluding tert-OH is 5. The van der Waals surface area contributed by atoms with E-state index in [1.165, 1.54) is 38.5 Å². The van der Waals surface area contributed by atoms with Gasteiger partial charge in [0.15, 0.2) is 6.10 Å². The van der Waals surface area contributed by atoms with Crippen LogP contribution < -0.4 is 0 Å². The fourth-order valence-electron chi connectivity index (χ4n) is 6.70. The first-order chi connectivity index (χ1) is 31.5. The molecule has 1 rings (SSSR count). The van der Waals surface area contributed by atoms with E-state index in [1.54, 1.807) is 12.2 Å². The Morgan fingerprint density at radius 3 is 1.70 bits per heavy atom. The van der Waals surface area contributed by atoms with Crippen LogP contribution in [0.3, 0.4) is 0 Å². The zero-order valence-electron chi connectivity index (χ0n) is 39.0. The molecule has 8 N–H and O–H groups in total. The summed E-state index contributed by atoms with van der Waals surface area (Å²) in [4.78, 5) is 54.3. The van der Waals surface area contributed by atoms with Crippen molar-refractivity contribution < 1.29 is 82.0 Å². The summed E-state index contributed by atoms with van der Waals surface area (Å²) >= 11 is 0. The number of carbonyl (C=O) groups is 2. The van der Waals surface area contributed by atoms with Gasteiger partial charge in [0, 0.05) is 12.8 Å². The normalized spacial score (nSPS) is 22.6. The van der Waals surface area contributed by atoms with E-state index in [2.05, 4.69) is 60.9 Å². The number of unbranched alkanes of at least 4 members (excludes halogenated alkanes) is 11. The standard InChI is InChI=1S/C47H80O17P2/c1-3-5-7-9-11-13-15-17-18-20-22-24-26-28-30-34-41(50)62-39(37-61-66(58,59)64-47-44(53)42(51)43(52)46(45(47)54)63-65(55,56)57)36-60-40(49)35-31-33-38(48)32-29-27-25-23-21-19-16-14-12-10-8-6-4-2/h6,8,12,14,17-19,21,25,27,29,32,38-39,42-48,51-54H,3-5,7,9-11,13,15-16,20,22-24,26,28,30-31,33-37H2,1-2H3,(H,58,59)(H2,55,56,57)/b8-6-,14-12-,18-17-,21-19-,27-25-,32-29+/t38?,39-,42?,43?,44?,45?,46-,47+/m1/s1. The van der Waals surface area contributed by atoms with Crippen LogP contribution in [0.2, 0.25) is 0 Å². The first-order valence-corrected chi connectivity index (χ1v) is 26.6. The largest absolute Gasteiger partial charge is 0.472 e. The van der Waals surface area contributed by atoms with Crippen LogP contribution in [0.1, 0.15) is 149 Å². The van der Waals surface area contributed by atoms with Crippen molar-refractivity contribution >= 4 is 27.6 Å². The minimum atomic E-state index is -5.39. The van der Waals surface area contributed by atoms with Crippen LogP contribution in [0.5, 0.6) is 0 Å². The Balaban J connectivity index is 2.69. The lowest BCUT2D eigenvalue weighted by Crippen LogP contribution is -2.64. The highest BCUT2D eigenvalue weighted by atomic mass is 31.2. The summed E-state index contributed by atoms with van der Waals surface area (Å²) in [6.07, 6.45) is 26.0. The van der Waals surface area contributed by atoms with Gasteiger partial charge in [-0.25, -0.2) is 9.13 Å². The summed E-state index contributed by atoms with van der Waals surface area (Å²) < 4.78 is 49.2. The molecule has 6 unspecified atom stereocenters. The van der Waals surface area contributed by atoms with Crippen LogP contribution in [-0.4, -0.2) is 114 Å². The topological polar surface area (TPSA) is 276 Å². The quantitative estimate of drug-likeness (QED) is 0.00963. The molecule has 1 aliphatic carbocycles. The number of ether oxygens (including phenoxy) is 2. The number of hydrogen-bond donors (Lipinski definition) is 8. The van der Waals surface area contributed by atoms with E-state index in [4.69, 9.17) is 18.5 Å². The van der Waals surface area contributed by atoms with Gasteiger partial charge in [0.25, 0.3) is 0 Å². The van der Waals surface area contributed by atoms with Gasteiger partial charge in [-0.2, -0.15) is 0 Å². The Labute approximate surface area is 392 Å². The second-order valence-electron chi connectivity index (χ2n) is 16.3. The maximum absolute atomic E-state index is 13.0. The number of hydrogen-bond acceptors (Lipinski definition) is 14. The molecule has 0 aromatic heterocycles. The summed E-state index contributed by atoms with van der Waals surface area (Å²) in [6, 6.07) is 0. The van der Waals surface area contributed by atoms with Crippen molar-refractivity contribution in [2.24, 2.45) is 0 Å². The van der Waals surface area contributed by atoms with Gasteiger partial charge in [-0.05, 0) is 70.6 Å². The van der Waals surface area contributed by atoms with Crippen molar-refractivity contribution in [3.63, 3.8) is 0 Å². The predicted octanol–water partition coefficient (Wildman–Crippen LogP) is 7.81. The predicted molar refractivity (Wildman–Crippen MR) is 252 cm³/mol. The molecule has 1 saturated carbocycles. The number of phosphoric acid groups is 2. The fourth-order valence-corrected chi connectivity index (χ4v) is 8.23. The smallest absolute Gasteiger partial charge is 0.462 e. The van der Waals surface area contributed by atoms with Gasteiger partial charge >= 0.3 is 27.6 Å². The Morgan fingerprint density at radius 2 is 1.11 bits per heavy atom. The molecule has 17 nitrogen and oxygen atoms in total. The van der Waals surface area contributed by atoms with Crippen LogP contribution in [0, 0.1) is 0 Å². The SMILES string of the molecule is CC/C=C\C/C=C\C/C=C\C/C=C\C=C\C(O)CCCC(=O)OC[C@H](COP(=O)(O)O[C@H]1C(O)C(O)C(O)[C@@H](OP(=O)(O)O)C1O)OC(=O)CCCCCCC/C=C\CCCCCCCC. The molecule has 0 aromatic carbocycles. The Hall–Kier alpha value is -2.60. The first kappa shape index (κ1) is 61.4. The zero-order valence-corrected chi connectivity index (χ0v) is 40.7. The van der Waals surface area contributed by atoms with E-state index >= 15 is 0 Å². The molecule has 0 radical (unpaired) electrons. The van der Waals surface area contributed by atoms with E-state index in [0.29, 0.717) is 6.42 Å². The summed E-state index contributed by atoms with van der Waals surface area (Å²) in [7, 11) is -10.7. The third-order valence-electron chi connectivity index (χ3n) is 10.4. The Bertz CT molecular complexity index is 1570. The minimum absolute atomic E-state index is 0.0101. The van der Waals surface area contributed by atoms with Crippen molar-refractivity contribution in [1.29, 1.82) is 0 Å². The molecular weight excluding hydrogens is 898 g/mol. The Morgan fingerprint density at radius 1 is 0.576 bits per heavy atom. The van der Waals surface area contributed by atoms with Crippen LogP contribution in [0.15, 0.2) is 72.9 Å². The van der Waals surface area contributed by atoms with Crippen molar-refractivity contribution in [1.82, 2.24) is 0 Å². The number of rotatable bonds is 38. The van der Waals surface area contributed by atoms with Gasteiger partial charge in [0.2, 0.25) is 0 Å². The highest BCUT2D eigenvalue weighted by molar-refractivity contribution is 7.47. The molecule has 380 valence electrons. The van der Waals surface area contributed by atoms with Crippen LogP contribution in [0.25, 0.3) is 0 Å². The van der Waals surface area contributed by atoms with Gasteiger partial charge < -0.3 is 49.7 Å². The summed E-state index contributed by atoms with van der Waals surface area (Å²) in [5, 5.41) is 51.5. The summed E-state index contributed by atoms with van der Waals surface area (Å²) in [5.41, 5.74) is 0. The maximum Gasteiger partial charge on any atom is 0.472 e. The minimum Gasteiger partial charge on any atom is -0.462 e. The first-order valence-electron chi connectivity index (χ1n) is 23.6. The maximum atomic E-state index is 13.0. The van der Waals surface area contributed by atoms with Gasteiger partial charge in [-0.15, -0.1) is 0 Å². The summed E-state index contributed by atoms with van der Waals surface area (Å²) in [6.45, 7) is 2.80. The van der Waals surface area contributed by atoms with E-state index in [0.717, 1.165) is 64.2 Å². The van der Waals surface area contributed by atoms with Gasteiger partial charge in [0.05, 0.1) is 12.7 Å². The zero-order chi connectivity index (χ0) is 49.1. The highest BCUT2D eigenvalue weighted by Crippen LogP contribution is 2.49. The molecular formula is C47H80O17P2. The van der Waals surface area contributed by atoms with Gasteiger partial charge in [-0.1, -0.05) is 138 Å². The number of phosphoric ester groups is 2.